The number of allylic oxidation sites excluding steroid dienone is 1. The fraction of sp³-hybridized carbons (Fsp3) is 0.158. The lowest BCUT2D eigenvalue weighted by molar-refractivity contribution is -0.113. The second-order valence-electron chi connectivity index (χ2n) is 5.35. The van der Waals surface area contributed by atoms with Gasteiger partial charge in [0.05, 0.1) is 11.3 Å². The van der Waals surface area contributed by atoms with Gasteiger partial charge < -0.3 is 5.11 Å². The lowest BCUT2D eigenvalue weighted by Crippen LogP contribution is -2.18. The average molecular weight is 323 g/mol. The standard InChI is InChI=1S/C19H17NO2S/c1-13(21)18-16(22)12-17(14-8-4-2-5-9-14)23-19(18)20-15-10-6-3-7-11-15/h2-11,17,22H,12H2,1H3/t17-/m1/s1. The van der Waals surface area contributed by atoms with Gasteiger partial charge >= 0.3 is 0 Å². The molecule has 2 aromatic rings. The van der Waals surface area contributed by atoms with Crippen LogP contribution in [0.1, 0.15) is 24.2 Å². The summed E-state index contributed by atoms with van der Waals surface area (Å²) in [5, 5.41) is 11.0. The van der Waals surface area contributed by atoms with Crippen molar-refractivity contribution in [2.24, 2.45) is 4.99 Å². The number of hydrogen-bond donors (Lipinski definition) is 1. The van der Waals surface area contributed by atoms with Crippen molar-refractivity contribution in [3.63, 3.8) is 0 Å². The van der Waals surface area contributed by atoms with Crippen molar-refractivity contribution >= 4 is 28.3 Å². The summed E-state index contributed by atoms with van der Waals surface area (Å²) in [4.78, 5) is 16.5. The molecular weight excluding hydrogens is 306 g/mol. The Morgan fingerprint density at radius 3 is 2.30 bits per heavy atom. The van der Waals surface area contributed by atoms with Crippen LogP contribution in [-0.4, -0.2) is 15.9 Å². The van der Waals surface area contributed by atoms with Crippen LogP contribution in [0.25, 0.3) is 0 Å². The number of para-hydroxylation sites is 1. The van der Waals surface area contributed by atoms with Crippen molar-refractivity contribution in [2.45, 2.75) is 18.6 Å². The Labute approximate surface area is 139 Å². The number of benzene rings is 2. The summed E-state index contributed by atoms with van der Waals surface area (Å²) in [5.74, 6) is -0.0315. The minimum Gasteiger partial charge on any atom is -0.511 e. The van der Waals surface area contributed by atoms with Crippen LogP contribution in [0, 0.1) is 0 Å². The maximum absolute atomic E-state index is 11.9. The van der Waals surface area contributed by atoms with Gasteiger partial charge in [0.15, 0.2) is 5.78 Å². The summed E-state index contributed by atoms with van der Waals surface area (Å²) >= 11 is 1.53. The molecule has 1 aliphatic heterocycles. The molecule has 2 aromatic carbocycles. The minimum atomic E-state index is -0.156. The molecule has 3 rings (SSSR count). The van der Waals surface area contributed by atoms with Crippen LogP contribution < -0.4 is 0 Å². The molecule has 4 heteroatoms. The predicted molar refractivity (Wildman–Crippen MR) is 95.3 cm³/mol. The Balaban J connectivity index is 2.02. The lowest BCUT2D eigenvalue weighted by Gasteiger charge is -2.24. The highest BCUT2D eigenvalue weighted by Gasteiger charge is 2.30. The Morgan fingerprint density at radius 1 is 1.09 bits per heavy atom. The van der Waals surface area contributed by atoms with E-state index in [9.17, 15) is 9.90 Å². The van der Waals surface area contributed by atoms with Gasteiger partial charge in [0.1, 0.15) is 10.8 Å². The third kappa shape index (κ3) is 3.54. The van der Waals surface area contributed by atoms with Crippen molar-refractivity contribution in [1.82, 2.24) is 0 Å². The topological polar surface area (TPSA) is 49.7 Å². The third-order valence-electron chi connectivity index (χ3n) is 3.65. The maximum Gasteiger partial charge on any atom is 0.165 e. The number of carbonyl (C=O) groups excluding carboxylic acids is 1. The van der Waals surface area contributed by atoms with E-state index >= 15 is 0 Å². The van der Waals surface area contributed by atoms with Crippen molar-refractivity contribution in [3.05, 3.63) is 77.6 Å². The number of aliphatic hydroxyl groups is 1. The van der Waals surface area contributed by atoms with Crippen molar-refractivity contribution in [2.75, 3.05) is 0 Å². The highest BCUT2D eigenvalue weighted by Crippen LogP contribution is 2.42. The molecule has 0 aromatic heterocycles. The molecular formula is C19H17NO2S. The van der Waals surface area contributed by atoms with Crippen molar-refractivity contribution < 1.29 is 9.90 Å². The number of nitrogens with zero attached hydrogens (tertiary/aromatic N) is 1. The monoisotopic (exact) mass is 323 g/mol. The SMILES string of the molecule is CC(=O)C1=C(O)C[C@H](c2ccccc2)SC1=Nc1ccccc1. The average Bonchev–Trinajstić information content (AvgIpc) is 2.56. The second-order valence-corrected chi connectivity index (χ2v) is 6.54. The van der Waals surface area contributed by atoms with Gasteiger partial charge in [-0.3, -0.25) is 4.79 Å². The van der Waals surface area contributed by atoms with Gasteiger partial charge in [-0.1, -0.05) is 60.3 Å². The summed E-state index contributed by atoms with van der Waals surface area (Å²) in [7, 11) is 0. The molecule has 0 spiro atoms. The van der Waals surface area contributed by atoms with Gasteiger partial charge in [0.25, 0.3) is 0 Å². The smallest absolute Gasteiger partial charge is 0.165 e. The van der Waals surface area contributed by atoms with E-state index in [1.165, 1.54) is 18.7 Å². The van der Waals surface area contributed by atoms with Crippen LogP contribution in [0.2, 0.25) is 0 Å². The summed E-state index contributed by atoms with van der Waals surface area (Å²) < 4.78 is 0. The lowest BCUT2D eigenvalue weighted by atomic mass is 10.0. The number of carbonyl (C=O) groups is 1. The fourth-order valence-electron chi connectivity index (χ4n) is 2.55. The number of aliphatic hydroxyl groups excluding tert-OH is 1. The fourth-order valence-corrected chi connectivity index (χ4v) is 3.89. The summed E-state index contributed by atoms with van der Waals surface area (Å²) in [6.07, 6.45) is 0.442. The maximum atomic E-state index is 11.9. The summed E-state index contributed by atoms with van der Waals surface area (Å²) in [5.41, 5.74) is 2.23. The normalized spacial score (nSPS) is 19.9. The van der Waals surface area contributed by atoms with E-state index in [1.807, 2.05) is 60.7 Å². The molecule has 23 heavy (non-hydrogen) atoms. The first-order valence-electron chi connectivity index (χ1n) is 7.44. The first kappa shape index (κ1) is 15.6. The number of ketones is 1. The molecule has 1 atom stereocenters. The molecule has 0 fully saturated rings. The molecule has 0 radical (unpaired) electrons. The van der Waals surface area contributed by atoms with Gasteiger partial charge in [-0.2, -0.15) is 0 Å². The quantitative estimate of drug-likeness (QED) is 0.865. The number of hydrogen-bond acceptors (Lipinski definition) is 4. The first-order valence-corrected chi connectivity index (χ1v) is 8.32. The molecule has 3 nitrogen and oxygen atoms in total. The Kier molecular flexibility index (Phi) is 4.63. The van der Waals surface area contributed by atoms with E-state index < -0.39 is 0 Å². The number of rotatable bonds is 3. The minimum absolute atomic E-state index is 0.0572. The Hall–Kier alpha value is -2.33. The van der Waals surface area contributed by atoms with E-state index in [4.69, 9.17) is 0 Å². The molecule has 116 valence electrons. The first-order chi connectivity index (χ1) is 11.1. The number of Topliss-reactive ketones (excluding diaryl/α,β-unsaturated/α-hetero) is 1. The molecule has 0 amide bonds. The van der Waals surface area contributed by atoms with Crippen LogP contribution in [0.3, 0.4) is 0 Å². The largest absolute Gasteiger partial charge is 0.511 e. The van der Waals surface area contributed by atoms with Gasteiger partial charge in [0, 0.05) is 11.7 Å². The zero-order chi connectivity index (χ0) is 16.2. The molecule has 0 saturated carbocycles. The van der Waals surface area contributed by atoms with Crippen LogP contribution in [0.4, 0.5) is 5.69 Å². The molecule has 0 bridgehead atoms. The van der Waals surface area contributed by atoms with E-state index in [0.29, 0.717) is 17.0 Å². The zero-order valence-electron chi connectivity index (χ0n) is 12.8. The second kappa shape index (κ2) is 6.84. The van der Waals surface area contributed by atoms with Gasteiger partial charge in [-0.15, -0.1) is 0 Å². The third-order valence-corrected chi connectivity index (χ3v) is 4.89. The molecule has 0 saturated heterocycles. The van der Waals surface area contributed by atoms with Crippen LogP contribution in [0.15, 0.2) is 77.0 Å². The Morgan fingerprint density at radius 2 is 1.70 bits per heavy atom. The van der Waals surface area contributed by atoms with Crippen molar-refractivity contribution in [3.8, 4) is 0 Å². The predicted octanol–water partition coefficient (Wildman–Crippen LogP) is 5.00. The van der Waals surface area contributed by atoms with Gasteiger partial charge in [-0.25, -0.2) is 4.99 Å². The van der Waals surface area contributed by atoms with E-state index in [0.717, 1.165) is 11.3 Å². The molecule has 0 unspecified atom stereocenters. The molecule has 1 heterocycles. The van der Waals surface area contributed by atoms with E-state index in [-0.39, 0.29) is 16.8 Å². The van der Waals surface area contributed by atoms with E-state index in [2.05, 4.69) is 4.99 Å². The van der Waals surface area contributed by atoms with Crippen LogP contribution in [-0.2, 0) is 4.79 Å². The molecule has 0 aliphatic carbocycles. The van der Waals surface area contributed by atoms with Gasteiger partial charge in [0.2, 0.25) is 0 Å². The molecule has 1 N–H and O–H groups in total. The molecule has 1 aliphatic rings. The number of thioether (sulfide) groups is 1. The van der Waals surface area contributed by atoms with Crippen molar-refractivity contribution in [1.29, 1.82) is 0 Å². The number of aliphatic imine (C=N–C) groups is 1. The Bertz CT molecular complexity index is 766. The zero-order valence-corrected chi connectivity index (χ0v) is 13.6. The summed E-state index contributed by atoms with van der Waals surface area (Å²) in [6, 6.07) is 19.5. The highest BCUT2D eigenvalue weighted by atomic mass is 32.2. The van der Waals surface area contributed by atoms with Gasteiger partial charge in [-0.05, 0) is 24.6 Å². The van der Waals surface area contributed by atoms with Crippen LogP contribution in [0.5, 0.6) is 0 Å². The van der Waals surface area contributed by atoms with E-state index in [1.54, 1.807) is 0 Å². The van der Waals surface area contributed by atoms with Crippen LogP contribution >= 0.6 is 11.8 Å². The highest BCUT2D eigenvalue weighted by molar-refractivity contribution is 8.14. The summed E-state index contributed by atoms with van der Waals surface area (Å²) in [6.45, 7) is 1.47.